The van der Waals surface area contributed by atoms with Crippen LogP contribution in [0.3, 0.4) is 0 Å². The number of carboxylic acids is 1. The van der Waals surface area contributed by atoms with Crippen molar-refractivity contribution in [3.05, 3.63) is 24.7 Å². The third kappa shape index (κ3) is 3.07. The van der Waals surface area contributed by atoms with Crippen LogP contribution < -0.4 is 4.72 Å². The smallest absolute Gasteiger partial charge is 0.310 e. The van der Waals surface area contributed by atoms with Gasteiger partial charge in [0, 0.05) is 18.3 Å². The van der Waals surface area contributed by atoms with Crippen molar-refractivity contribution in [3.8, 4) is 0 Å². The predicted octanol–water partition coefficient (Wildman–Crippen LogP) is 0.772. The number of carboxylic acid groups (broad SMARTS) is 1. The number of aliphatic carboxylic acids is 1. The molecule has 0 saturated carbocycles. The summed E-state index contributed by atoms with van der Waals surface area (Å²) in [6.07, 6.45) is 6.21. The van der Waals surface area contributed by atoms with E-state index in [0.29, 0.717) is 0 Å². The summed E-state index contributed by atoms with van der Waals surface area (Å²) in [4.78, 5) is 14.7. The summed E-state index contributed by atoms with van der Waals surface area (Å²) >= 11 is 0. The first-order chi connectivity index (χ1) is 9.29. The van der Waals surface area contributed by atoms with Crippen molar-refractivity contribution in [2.24, 2.45) is 5.92 Å². The number of rotatable bonds is 5. The van der Waals surface area contributed by atoms with Crippen LogP contribution in [0.25, 0.3) is 0 Å². The topological polar surface area (TPSA) is 101 Å². The fourth-order valence-corrected chi connectivity index (χ4v) is 3.11. The van der Waals surface area contributed by atoms with Gasteiger partial charge in [-0.05, 0) is 20.3 Å². The lowest BCUT2D eigenvalue weighted by Gasteiger charge is -2.11. The highest BCUT2D eigenvalue weighted by atomic mass is 32.2. The lowest BCUT2D eigenvalue weighted by atomic mass is 10.1. The van der Waals surface area contributed by atoms with Crippen LogP contribution in [-0.4, -0.2) is 35.1 Å². The number of imidazole rings is 1. The molecular formula is C12H17N3O4S. The van der Waals surface area contributed by atoms with E-state index in [9.17, 15) is 13.2 Å². The molecule has 0 aromatic carbocycles. The van der Waals surface area contributed by atoms with Crippen LogP contribution in [0.2, 0.25) is 0 Å². The molecule has 8 heteroatoms. The van der Waals surface area contributed by atoms with Crippen molar-refractivity contribution in [1.29, 1.82) is 0 Å². The Hall–Kier alpha value is -1.67. The largest absolute Gasteiger partial charge is 0.481 e. The van der Waals surface area contributed by atoms with Gasteiger partial charge in [-0.1, -0.05) is 12.2 Å². The minimum absolute atomic E-state index is 0.0571. The molecule has 2 atom stereocenters. The number of nitrogens with zero attached hydrogens (tertiary/aromatic N) is 2. The van der Waals surface area contributed by atoms with E-state index in [1.807, 2.05) is 13.8 Å². The Balaban J connectivity index is 2.08. The first kappa shape index (κ1) is 14.7. The average molecular weight is 299 g/mol. The third-order valence-corrected chi connectivity index (χ3v) is 4.53. The van der Waals surface area contributed by atoms with Gasteiger partial charge in [0.25, 0.3) is 10.0 Å². The third-order valence-electron chi connectivity index (χ3n) is 3.16. The average Bonchev–Trinajstić information content (AvgIpc) is 2.95. The van der Waals surface area contributed by atoms with Crippen molar-refractivity contribution in [1.82, 2.24) is 14.3 Å². The SMILES string of the molecule is CC(C)n1cnc(S(=O)(=O)NC2C=CC(C(=O)O)C2)c1. The van der Waals surface area contributed by atoms with Gasteiger partial charge < -0.3 is 9.67 Å². The van der Waals surface area contributed by atoms with Crippen LogP contribution in [0, 0.1) is 5.92 Å². The van der Waals surface area contributed by atoms with Gasteiger partial charge in [-0.25, -0.2) is 18.1 Å². The zero-order valence-corrected chi connectivity index (χ0v) is 12.0. The summed E-state index contributed by atoms with van der Waals surface area (Å²) in [7, 11) is -3.73. The highest BCUT2D eigenvalue weighted by Gasteiger charge is 2.29. The minimum Gasteiger partial charge on any atom is -0.481 e. The number of aromatic nitrogens is 2. The Labute approximate surface area is 117 Å². The van der Waals surface area contributed by atoms with Gasteiger partial charge in [0.15, 0.2) is 5.03 Å². The van der Waals surface area contributed by atoms with Crippen molar-refractivity contribution < 1.29 is 18.3 Å². The highest BCUT2D eigenvalue weighted by molar-refractivity contribution is 7.89. The second-order valence-electron chi connectivity index (χ2n) is 5.05. The van der Waals surface area contributed by atoms with Crippen molar-refractivity contribution in [3.63, 3.8) is 0 Å². The molecule has 2 unspecified atom stereocenters. The molecule has 2 N–H and O–H groups in total. The van der Waals surface area contributed by atoms with Gasteiger partial charge >= 0.3 is 5.97 Å². The first-order valence-corrected chi connectivity index (χ1v) is 7.75. The van der Waals surface area contributed by atoms with Gasteiger partial charge in [-0.2, -0.15) is 0 Å². The highest BCUT2D eigenvalue weighted by Crippen LogP contribution is 2.20. The molecule has 1 heterocycles. The zero-order valence-electron chi connectivity index (χ0n) is 11.2. The molecule has 0 saturated heterocycles. The Morgan fingerprint density at radius 1 is 1.50 bits per heavy atom. The van der Waals surface area contributed by atoms with E-state index in [1.54, 1.807) is 10.6 Å². The van der Waals surface area contributed by atoms with Crippen molar-refractivity contribution >= 4 is 16.0 Å². The van der Waals surface area contributed by atoms with Crippen LogP contribution in [0.1, 0.15) is 26.3 Å². The predicted molar refractivity (Wildman–Crippen MR) is 71.6 cm³/mol. The lowest BCUT2D eigenvalue weighted by Crippen LogP contribution is -2.33. The Kier molecular flexibility index (Phi) is 3.96. The van der Waals surface area contributed by atoms with Gasteiger partial charge in [0.2, 0.25) is 0 Å². The summed E-state index contributed by atoms with van der Waals surface area (Å²) in [6.45, 7) is 3.84. The monoisotopic (exact) mass is 299 g/mol. The maximum absolute atomic E-state index is 12.1. The maximum Gasteiger partial charge on any atom is 0.310 e. The molecule has 0 aliphatic heterocycles. The Bertz CT molecular complexity index is 633. The molecule has 0 radical (unpaired) electrons. The fourth-order valence-electron chi connectivity index (χ4n) is 1.97. The van der Waals surface area contributed by atoms with Crippen LogP contribution in [-0.2, 0) is 14.8 Å². The molecule has 1 aliphatic carbocycles. The number of sulfonamides is 1. The number of hydrogen-bond acceptors (Lipinski definition) is 4. The summed E-state index contributed by atoms with van der Waals surface area (Å²) < 4.78 is 28.4. The zero-order chi connectivity index (χ0) is 14.9. The number of carbonyl (C=O) groups is 1. The van der Waals surface area contributed by atoms with Gasteiger partial charge in [0.1, 0.15) is 0 Å². The Morgan fingerprint density at radius 2 is 2.20 bits per heavy atom. The molecule has 0 bridgehead atoms. The standard InChI is InChI=1S/C12H17N3O4S/c1-8(2)15-6-11(13-7-15)20(18,19)14-10-4-3-9(5-10)12(16)17/h3-4,6-10,14H,5H2,1-2H3,(H,16,17). The second-order valence-corrected chi connectivity index (χ2v) is 6.71. The maximum atomic E-state index is 12.1. The molecule has 0 amide bonds. The molecule has 1 aliphatic rings. The normalized spacial score (nSPS) is 22.6. The summed E-state index contributed by atoms with van der Waals surface area (Å²) in [6, 6.07) is -0.389. The number of nitrogens with one attached hydrogen (secondary N) is 1. The van der Waals surface area contributed by atoms with E-state index in [1.165, 1.54) is 18.6 Å². The molecule has 7 nitrogen and oxygen atoms in total. The van der Waals surface area contributed by atoms with E-state index in [4.69, 9.17) is 5.11 Å². The van der Waals surface area contributed by atoms with Crippen LogP contribution >= 0.6 is 0 Å². The first-order valence-electron chi connectivity index (χ1n) is 6.26. The van der Waals surface area contributed by atoms with E-state index >= 15 is 0 Å². The lowest BCUT2D eigenvalue weighted by molar-refractivity contribution is -0.140. The molecule has 110 valence electrons. The van der Waals surface area contributed by atoms with E-state index in [2.05, 4.69) is 9.71 Å². The van der Waals surface area contributed by atoms with Crippen molar-refractivity contribution in [2.45, 2.75) is 37.4 Å². The molecular weight excluding hydrogens is 282 g/mol. The van der Waals surface area contributed by atoms with Gasteiger partial charge in [-0.3, -0.25) is 4.79 Å². The van der Waals surface area contributed by atoms with E-state index in [-0.39, 0.29) is 17.5 Å². The van der Waals surface area contributed by atoms with E-state index in [0.717, 1.165) is 0 Å². The summed E-state index contributed by atoms with van der Waals surface area (Å²) in [5, 5.41) is 8.81. The van der Waals surface area contributed by atoms with Crippen LogP contribution in [0.4, 0.5) is 0 Å². The summed E-state index contributed by atoms with van der Waals surface area (Å²) in [5.74, 6) is -1.59. The van der Waals surface area contributed by atoms with Crippen LogP contribution in [0.5, 0.6) is 0 Å². The van der Waals surface area contributed by atoms with Gasteiger partial charge in [0.05, 0.1) is 12.2 Å². The molecule has 20 heavy (non-hydrogen) atoms. The molecule has 1 aromatic rings. The summed E-state index contributed by atoms with van der Waals surface area (Å²) in [5.41, 5.74) is 0. The second kappa shape index (κ2) is 5.37. The molecule has 0 fully saturated rings. The van der Waals surface area contributed by atoms with E-state index < -0.39 is 28.0 Å². The van der Waals surface area contributed by atoms with Crippen LogP contribution in [0.15, 0.2) is 29.7 Å². The fraction of sp³-hybridized carbons (Fsp3) is 0.500. The minimum atomic E-state index is -3.73. The van der Waals surface area contributed by atoms with Crippen molar-refractivity contribution in [2.75, 3.05) is 0 Å². The Morgan fingerprint density at radius 3 is 2.70 bits per heavy atom. The molecule has 0 spiro atoms. The molecule has 1 aromatic heterocycles. The van der Waals surface area contributed by atoms with Gasteiger partial charge in [-0.15, -0.1) is 0 Å². The molecule has 2 rings (SSSR count). The number of hydrogen-bond donors (Lipinski definition) is 2. The quantitative estimate of drug-likeness (QED) is 0.782.